The van der Waals surface area contributed by atoms with Crippen LogP contribution < -0.4 is 0 Å². The van der Waals surface area contributed by atoms with Gasteiger partial charge in [0.05, 0.1) is 21.8 Å². The Morgan fingerprint density at radius 1 is 0.949 bits per heavy atom. The van der Waals surface area contributed by atoms with Crippen LogP contribution in [0.1, 0.15) is 35.4 Å². The number of benzene rings is 3. The predicted octanol–water partition coefficient (Wildman–Crippen LogP) is 7.88. The minimum Gasteiger partial charge on any atom is -0.481 e. The minimum absolute atomic E-state index is 0.0488. The number of carboxylic acid groups (broad SMARTS) is 1. The van der Waals surface area contributed by atoms with Gasteiger partial charge in [0.1, 0.15) is 5.82 Å². The zero-order chi connectivity index (χ0) is 27.1. The molecule has 0 aliphatic heterocycles. The molecule has 0 amide bonds. The van der Waals surface area contributed by atoms with Crippen molar-refractivity contribution in [3.8, 4) is 33.7 Å². The smallest absolute Gasteiger partial charge is 0.314 e. The van der Waals surface area contributed by atoms with Crippen LogP contribution in [0.25, 0.3) is 33.7 Å². The molecule has 0 spiro atoms. The van der Waals surface area contributed by atoms with Crippen molar-refractivity contribution in [2.75, 3.05) is 0 Å². The van der Waals surface area contributed by atoms with Crippen LogP contribution in [-0.2, 0) is 16.6 Å². The molecule has 5 aromatic rings. The van der Waals surface area contributed by atoms with Crippen LogP contribution in [0.5, 0.6) is 0 Å². The molecule has 0 unspecified atom stereocenters. The lowest BCUT2D eigenvalue weighted by Crippen LogP contribution is -2.19. The SMILES string of the molecule is Cc1noc(-c2ccc(-c3ccc(C4(C(=O)O)CC4)cc3)cc2)c1Cc1cccc(-c2cccc(F)c2Cl)n1. The van der Waals surface area contributed by atoms with Gasteiger partial charge in [0.25, 0.3) is 0 Å². The van der Waals surface area contributed by atoms with Crippen LogP contribution in [0.2, 0.25) is 5.02 Å². The molecule has 2 heterocycles. The fourth-order valence-electron chi connectivity index (χ4n) is 4.98. The average molecular weight is 539 g/mol. The van der Waals surface area contributed by atoms with E-state index in [9.17, 15) is 14.3 Å². The molecular formula is C32H24ClFN2O3. The van der Waals surface area contributed by atoms with Gasteiger partial charge in [0.2, 0.25) is 0 Å². The summed E-state index contributed by atoms with van der Waals surface area (Å²) in [6, 6.07) is 26.1. The maximum Gasteiger partial charge on any atom is 0.314 e. The van der Waals surface area contributed by atoms with Crippen molar-refractivity contribution in [3.05, 3.63) is 118 Å². The summed E-state index contributed by atoms with van der Waals surface area (Å²) < 4.78 is 19.7. The van der Waals surface area contributed by atoms with E-state index >= 15 is 0 Å². The third kappa shape index (κ3) is 4.61. The fourth-order valence-corrected chi connectivity index (χ4v) is 5.20. The summed E-state index contributed by atoms with van der Waals surface area (Å²) in [5.41, 5.74) is 6.68. The van der Waals surface area contributed by atoms with E-state index in [-0.39, 0.29) is 5.02 Å². The first-order valence-electron chi connectivity index (χ1n) is 12.7. The molecule has 0 radical (unpaired) electrons. The van der Waals surface area contributed by atoms with Gasteiger partial charge in [-0.25, -0.2) is 4.39 Å². The minimum atomic E-state index is -0.752. The molecule has 1 aliphatic carbocycles. The van der Waals surface area contributed by atoms with Crippen molar-refractivity contribution in [2.24, 2.45) is 0 Å². The molecule has 0 atom stereocenters. The van der Waals surface area contributed by atoms with E-state index in [4.69, 9.17) is 21.1 Å². The zero-order valence-corrected chi connectivity index (χ0v) is 21.9. The highest BCUT2D eigenvalue weighted by Crippen LogP contribution is 2.48. The van der Waals surface area contributed by atoms with Gasteiger partial charge in [-0.15, -0.1) is 0 Å². The number of nitrogens with zero attached hydrogens (tertiary/aromatic N) is 2. The van der Waals surface area contributed by atoms with Crippen molar-refractivity contribution in [2.45, 2.75) is 31.6 Å². The molecule has 1 N–H and O–H groups in total. The lowest BCUT2D eigenvalue weighted by molar-refractivity contribution is -0.140. The Morgan fingerprint density at radius 2 is 1.59 bits per heavy atom. The van der Waals surface area contributed by atoms with Crippen LogP contribution in [0.15, 0.2) is 89.5 Å². The molecule has 1 aliphatic rings. The second-order valence-electron chi connectivity index (χ2n) is 9.91. The number of aromatic nitrogens is 2. The van der Waals surface area contributed by atoms with Crippen LogP contribution in [0, 0.1) is 12.7 Å². The second kappa shape index (κ2) is 9.79. The Balaban J connectivity index is 1.25. The van der Waals surface area contributed by atoms with Gasteiger partial charge < -0.3 is 9.63 Å². The average Bonchev–Trinajstić information content (AvgIpc) is 3.70. The molecule has 194 valence electrons. The van der Waals surface area contributed by atoms with Gasteiger partial charge in [-0.2, -0.15) is 0 Å². The predicted molar refractivity (Wildman–Crippen MR) is 148 cm³/mol. The molecule has 1 fully saturated rings. The molecule has 1 saturated carbocycles. The number of carbonyl (C=O) groups is 1. The van der Waals surface area contributed by atoms with Crippen LogP contribution >= 0.6 is 11.6 Å². The summed E-state index contributed by atoms with van der Waals surface area (Å²) in [5, 5.41) is 13.8. The van der Waals surface area contributed by atoms with Gasteiger partial charge in [0.15, 0.2) is 5.76 Å². The molecule has 3 aromatic carbocycles. The molecule has 5 nitrogen and oxygen atoms in total. The highest BCUT2D eigenvalue weighted by molar-refractivity contribution is 6.33. The van der Waals surface area contributed by atoms with Crippen molar-refractivity contribution in [1.82, 2.24) is 10.1 Å². The fraction of sp³-hybridized carbons (Fsp3) is 0.156. The van der Waals surface area contributed by atoms with Gasteiger partial charge >= 0.3 is 5.97 Å². The van der Waals surface area contributed by atoms with Gasteiger partial charge in [-0.05, 0) is 54.7 Å². The number of pyridine rings is 1. The second-order valence-corrected chi connectivity index (χ2v) is 10.3. The lowest BCUT2D eigenvalue weighted by atomic mass is 9.93. The van der Waals surface area contributed by atoms with Crippen molar-refractivity contribution >= 4 is 17.6 Å². The number of hydrogen-bond donors (Lipinski definition) is 1. The molecule has 0 saturated heterocycles. The first-order chi connectivity index (χ1) is 18.9. The summed E-state index contributed by atoms with van der Waals surface area (Å²) in [6.45, 7) is 1.90. The van der Waals surface area contributed by atoms with E-state index in [1.54, 1.807) is 12.1 Å². The number of rotatable bonds is 7. The number of aryl methyl sites for hydroxylation is 1. The lowest BCUT2D eigenvalue weighted by Gasteiger charge is -2.11. The van der Waals surface area contributed by atoms with Crippen molar-refractivity contribution in [1.29, 1.82) is 0 Å². The van der Waals surface area contributed by atoms with Crippen molar-refractivity contribution in [3.63, 3.8) is 0 Å². The Bertz CT molecular complexity index is 1690. The summed E-state index contributed by atoms with van der Waals surface area (Å²) in [5.74, 6) is -0.565. The highest BCUT2D eigenvalue weighted by atomic mass is 35.5. The molecule has 7 heteroatoms. The third-order valence-electron chi connectivity index (χ3n) is 7.45. The molecule has 2 aromatic heterocycles. The number of aliphatic carboxylic acids is 1. The maximum atomic E-state index is 14.0. The third-order valence-corrected chi connectivity index (χ3v) is 7.84. The van der Waals surface area contributed by atoms with Crippen LogP contribution in [-0.4, -0.2) is 21.2 Å². The molecular weight excluding hydrogens is 515 g/mol. The number of halogens is 2. The van der Waals surface area contributed by atoms with E-state index in [1.165, 1.54) is 6.07 Å². The van der Waals surface area contributed by atoms with E-state index in [1.807, 2.05) is 73.7 Å². The highest BCUT2D eigenvalue weighted by Gasteiger charge is 2.51. The van der Waals surface area contributed by atoms with Crippen molar-refractivity contribution < 1.29 is 18.8 Å². The summed E-state index contributed by atoms with van der Waals surface area (Å²) in [7, 11) is 0. The Morgan fingerprint density at radius 3 is 2.26 bits per heavy atom. The quantitative estimate of drug-likeness (QED) is 0.228. The van der Waals surface area contributed by atoms with E-state index in [0.29, 0.717) is 36.3 Å². The molecule has 6 rings (SSSR count). The molecule has 39 heavy (non-hydrogen) atoms. The topological polar surface area (TPSA) is 76.2 Å². The summed E-state index contributed by atoms with van der Waals surface area (Å²) in [6.07, 6.45) is 1.86. The largest absolute Gasteiger partial charge is 0.481 e. The van der Waals surface area contributed by atoms with E-state index in [0.717, 1.165) is 39.2 Å². The number of hydrogen-bond acceptors (Lipinski definition) is 4. The van der Waals surface area contributed by atoms with Crippen LogP contribution in [0.3, 0.4) is 0 Å². The standard InChI is InChI=1S/C32H24ClFN2O3/c1-19-26(18-24-4-2-7-28(35-24)25-5-3-6-27(34)29(25)33)30(39-36-19)22-10-8-20(9-11-22)21-12-14-23(15-13-21)32(16-17-32)31(37)38/h2-15H,16-18H2,1H3,(H,37,38). The summed E-state index contributed by atoms with van der Waals surface area (Å²) >= 11 is 6.19. The number of carboxylic acids is 1. The monoisotopic (exact) mass is 538 g/mol. The Kier molecular flexibility index (Phi) is 6.28. The zero-order valence-electron chi connectivity index (χ0n) is 21.1. The first kappa shape index (κ1) is 25.0. The van der Waals surface area contributed by atoms with Gasteiger partial charge in [-0.3, -0.25) is 9.78 Å². The first-order valence-corrected chi connectivity index (χ1v) is 13.0. The Labute approximate surface area is 229 Å². The van der Waals surface area contributed by atoms with E-state index in [2.05, 4.69) is 5.16 Å². The van der Waals surface area contributed by atoms with Gasteiger partial charge in [-0.1, -0.05) is 83.5 Å². The normalized spacial score (nSPS) is 13.8. The summed E-state index contributed by atoms with van der Waals surface area (Å²) in [4.78, 5) is 16.4. The Hall–Kier alpha value is -4.29. The van der Waals surface area contributed by atoms with E-state index < -0.39 is 17.2 Å². The maximum absolute atomic E-state index is 14.0. The molecule has 0 bridgehead atoms. The van der Waals surface area contributed by atoms with Crippen LogP contribution in [0.4, 0.5) is 4.39 Å². The van der Waals surface area contributed by atoms with Gasteiger partial charge in [0, 0.05) is 28.8 Å².